The van der Waals surface area contributed by atoms with Crippen LogP contribution in [0, 0.1) is 5.92 Å². The highest BCUT2D eigenvalue weighted by molar-refractivity contribution is 7.51. The summed E-state index contributed by atoms with van der Waals surface area (Å²) in [6.45, 7) is 5.92. The van der Waals surface area contributed by atoms with E-state index < -0.39 is 7.60 Å². The van der Waals surface area contributed by atoms with E-state index in [9.17, 15) is 4.57 Å². The average Bonchev–Trinajstić information content (AvgIpc) is 1.93. The van der Waals surface area contributed by atoms with Gasteiger partial charge in [-0.15, -0.1) is 0 Å². The fourth-order valence-corrected chi connectivity index (χ4v) is 1.50. The van der Waals surface area contributed by atoms with E-state index in [1.165, 1.54) is 0 Å². The average molecular weight is 209 g/mol. The molecular weight excluding hydrogens is 189 g/mol. The Labute approximate surface area is 79.9 Å². The van der Waals surface area contributed by atoms with Crippen LogP contribution in [0.2, 0.25) is 0 Å². The fraction of sp³-hybridized carbons (Fsp3) is 1.00. The van der Waals surface area contributed by atoms with Gasteiger partial charge in [0.2, 0.25) is 0 Å². The quantitative estimate of drug-likeness (QED) is 0.435. The van der Waals surface area contributed by atoms with Gasteiger partial charge < -0.3 is 15.1 Å². The minimum atomic E-state index is -3.77. The number of hydrogen-bond donors (Lipinski definition) is 3. The summed E-state index contributed by atoms with van der Waals surface area (Å²) in [7, 11) is -3.77. The topological polar surface area (TPSA) is 69.6 Å². The molecule has 80 valence electrons. The van der Waals surface area contributed by atoms with Crippen LogP contribution in [-0.4, -0.2) is 29.0 Å². The molecule has 13 heavy (non-hydrogen) atoms. The molecule has 0 unspecified atom stereocenters. The van der Waals surface area contributed by atoms with Crippen LogP contribution in [-0.2, 0) is 4.57 Å². The molecule has 0 aromatic heterocycles. The maximum atomic E-state index is 10.4. The lowest BCUT2D eigenvalue weighted by Crippen LogP contribution is -2.18. The van der Waals surface area contributed by atoms with Crippen molar-refractivity contribution in [3.05, 3.63) is 0 Å². The van der Waals surface area contributed by atoms with E-state index in [-0.39, 0.29) is 6.16 Å². The number of rotatable bonds is 7. The molecule has 3 N–H and O–H groups in total. The van der Waals surface area contributed by atoms with Crippen molar-refractivity contribution < 1.29 is 14.4 Å². The largest absolute Gasteiger partial charge is 0.325 e. The molecule has 0 aromatic carbocycles. The van der Waals surface area contributed by atoms with Crippen molar-refractivity contribution in [1.29, 1.82) is 0 Å². The molecule has 0 spiro atoms. The van der Waals surface area contributed by atoms with Gasteiger partial charge in [0, 0.05) is 0 Å². The van der Waals surface area contributed by atoms with Gasteiger partial charge in [-0.05, 0) is 31.8 Å². The highest BCUT2D eigenvalue weighted by Crippen LogP contribution is 2.34. The van der Waals surface area contributed by atoms with Gasteiger partial charge in [0.1, 0.15) is 0 Å². The standard InChI is InChI=1S/C8H20NO3P/c1-8(2)4-6-9-5-3-7-13(10,11)12/h8-9H,3-7H2,1-2H3,(H2,10,11,12). The molecule has 5 heteroatoms. The Bertz CT molecular complexity index is 167. The summed E-state index contributed by atoms with van der Waals surface area (Å²) >= 11 is 0. The predicted octanol–water partition coefficient (Wildman–Crippen LogP) is 1.19. The summed E-state index contributed by atoms with van der Waals surface area (Å²) < 4.78 is 10.4. The monoisotopic (exact) mass is 209 g/mol. The molecule has 0 aliphatic carbocycles. The Kier molecular flexibility index (Phi) is 6.60. The fourth-order valence-electron chi connectivity index (χ4n) is 0.926. The van der Waals surface area contributed by atoms with Crippen molar-refractivity contribution in [3.8, 4) is 0 Å². The van der Waals surface area contributed by atoms with Gasteiger partial charge in [-0.2, -0.15) is 0 Å². The second kappa shape index (κ2) is 6.55. The zero-order valence-electron chi connectivity index (χ0n) is 8.36. The van der Waals surface area contributed by atoms with Gasteiger partial charge in [0.15, 0.2) is 0 Å². The molecule has 0 aliphatic rings. The molecule has 0 aliphatic heterocycles. The Morgan fingerprint density at radius 2 is 1.92 bits per heavy atom. The molecule has 0 saturated carbocycles. The predicted molar refractivity (Wildman–Crippen MR) is 53.9 cm³/mol. The summed E-state index contributed by atoms with van der Waals surface area (Å²) in [6.07, 6.45) is 1.64. The van der Waals surface area contributed by atoms with Crippen molar-refractivity contribution in [2.45, 2.75) is 26.7 Å². The zero-order valence-corrected chi connectivity index (χ0v) is 9.26. The summed E-state index contributed by atoms with van der Waals surface area (Å²) in [5.74, 6) is 0.675. The molecule has 0 amide bonds. The SMILES string of the molecule is CC(C)CCNCCCP(=O)(O)O. The summed E-state index contributed by atoms with van der Waals surface area (Å²) in [4.78, 5) is 17.1. The second-order valence-corrected chi connectivity index (χ2v) is 5.45. The Morgan fingerprint density at radius 3 is 2.38 bits per heavy atom. The third-order valence-electron chi connectivity index (χ3n) is 1.70. The van der Waals surface area contributed by atoms with Crippen LogP contribution in [0.1, 0.15) is 26.7 Å². The van der Waals surface area contributed by atoms with Gasteiger partial charge in [0.25, 0.3) is 0 Å². The third kappa shape index (κ3) is 12.1. The molecular formula is C8H20NO3P. The van der Waals surface area contributed by atoms with Gasteiger partial charge in [-0.3, -0.25) is 4.57 Å². The molecule has 0 bridgehead atoms. The van der Waals surface area contributed by atoms with Crippen LogP contribution in [0.25, 0.3) is 0 Å². The first-order valence-electron chi connectivity index (χ1n) is 4.67. The van der Waals surface area contributed by atoms with E-state index in [2.05, 4.69) is 19.2 Å². The molecule has 0 rings (SSSR count). The van der Waals surface area contributed by atoms with E-state index in [0.29, 0.717) is 18.9 Å². The maximum Gasteiger partial charge on any atom is 0.325 e. The van der Waals surface area contributed by atoms with Crippen molar-refractivity contribution in [3.63, 3.8) is 0 Å². The minimum Gasteiger partial charge on any atom is -0.324 e. The molecule has 0 atom stereocenters. The Morgan fingerprint density at radius 1 is 1.31 bits per heavy atom. The Hall–Kier alpha value is 0.110. The van der Waals surface area contributed by atoms with Crippen LogP contribution >= 0.6 is 7.60 Å². The summed E-state index contributed by atoms with van der Waals surface area (Å²) in [6, 6.07) is 0. The lowest BCUT2D eigenvalue weighted by atomic mass is 10.1. The maximum absolute atomic E-state index is 10.4. The van der Waals surface area contributed by atoms with Crippen LogP contribution in [0.3, 0.4) is 0 Å². The van der Waals surface area contributed by atoms with Crippen LogP contribution in [0.4, 0.5) is 0 Å². The minimum absolute atomic E-state index is 0.0122. The van der Waals surface area contributed by atoms with Crippen molar-refractivity contribution in [2.24, 2.45) is 5.92 Å². The van der Waals surface area contributed by atoms with Crippen molar-refractivity contribution >= 4 is 7.60 Å². The van der Waals surface area contributed by atoms with Gasteiger partial charge >= 0.3 is 7.60 Å². The van der Waals surface area contributed by atoms with Crippen molar-refractivity contribution in [1.82, 2.24) is 5.32 Å². The van der Waals surface area contributed by atoms with Crippen LogP contribution < -0.4 is 5.32 Å². The summed E-state index contributed by atoms with van der Waals surface area (Å²) in [5.41, 5.74) is 0. The Balaban J connectivity index is 3.14. The first-order valence-corrected chi connectivity index (χ1v) is 6.47. The molecule has 0 saturated heterocycles. The molecule has 0 radical (unpaired) electrons. The highest BCUT2D eigenvalue weighted by Gasteiger charge is 2.10. The van der Waals surface area contributed by atoms with E-state index in [1.54, 1.807) is 0 Å². The second-order valence-electron chi connectivity index (χ2n) is 3.67. The van der Waals surface area contributed by atoms with E-state index in [1.807, 2.05) is 0 Å². The summed E-state index contributed by atoms with van der Waals surface area (Å²) in [5, 5.41) is 3.15. The number of hydrogen-bond acceptors (Lipinski definition) is 2. The molecule has 0 aromatic rings. The van der Waals surface area contributed by atoms with E-state index in [0.717, 1.165) is 13.0 Å². The normalized spacial score (nSPS) is 12.4. The van der Waals surface area contributed by atoms with Crippen LogP contribution in [0.5, 0.6) is 0 Å². The number of nitrogens with one attached hydrogen (secondary N) is 1. The molecule has 4 nitrogen and oxygen atoms in total. The smallest absolute Gasteiger partial charge is 0.324 e. The lowest BCUT2D eigenvalue weighted by Gasteiger charge is -2.07. The van der Waals surface area contributed by atoms with E-state index in [4.69, 9.17) is 9.79 Å². The zero-order chi connectivity index (χ0) is 10.3. The molecule has 0 fully saturated rings. The first kappa shape index (κ1) is 13.1. The van der Waals surface area contributed by atoms with E-state index >= 15 is 0 Å². The van der Waals surface area contributed by atoms with Crippen LogP contribution in [0.15, 0.2) is 0 Å². The molecule has 0 heterocycles. The first-order chi connectivity index (χ1) is 5.92. The van der Waals surface area contributed by atoms with Crippen molar-refractivity contribution in [2.75, 3.05) is 19.3 Å². The van der Waals surface area contributed by atoms with Gasteiger partial charge in [-0.1, -0.05) is 13.8 Å². The third-order valence-corrected chi connectivity index (χ3v) is 2.60. The van der Waals surface area contributed by atoms with Gasteiger partial charge in [-0.25, -0.2) is 0 Å². The lowest BCUT2D eigenvalue weighted by molar-refractivity contribution is 0.371. The van der Waals surface area contributed by atoms with Gasteiger partial charge in [0.05, 0.1) is 6.16 Å². The highest BCUT2D eigenvalue weighted by atomic mass is 31.2.